The van der Waals surface area contributed by atoms with Gasteiger partial charge in [0.05, 0.1) is 11.9 Å². The fourth-order valence-corrected chi connectivity index (χ4v) is 7.33. The van der Waals surface area contributed by atoms with Crippen LogP contribution in [0.3, 0.4) is 0 Å². The molecule has 6 heteroatoms. The third-order valence-electron chi connectivity index (χ3n) is 7.44. The highest BCUT2D eigenvalue weighted by molar-refractivity contribution is 7.92. The molecule has 6 rings (SSSR count). The van der Waals surface area contributed by atoms with E-state index in [0.29, 0.717) is 11.1 Å². The predicted octanol–water partition coefficient (Wildman–Crippen LogP) is 3.20. The van der Waals surface area contributed by atoms with Crippen molar-refractivity contribution in [3.8, 4) is 0 Å². The van der Waals surface area contributed by atoms with E-state index in [4.69, 9.17) is 0 Å². The molecule has 28 heavy (non-hydrogen) atoms. The maximum atomic E-state index is 12.3. The second kappa shape index (κ2) is 6.48. The van der Waals surface area contributed by atoms with Crippen LogP contribution in [0.1, 0.15) is 56.9 Å². The first-order valence-corrected chi connectivity index (χ1v) is 12.5. The van der Waals surface area contributed by atoms with Crippen LogP contribution in [0.25, 0.3) is 0 Å². The molecule has 152 valence electrons. The van der Waals surface area contributed by atoms with Crippen molar-refractivity contribution in [3.63, 3.8) is 0 Å². The van der Waals surface area contributed by atoms with Crippen LogP contribution in [-0.4, -0.2) is 33.2 Å². The Balaban J connectivity index is 1.37. The lowest BCUT2D eigenvalue weighted by Gasteiger charge is -2.57. The average molecular weight is 403 g/mol. The SMILES string of the molecule is CS(=O)(=O)N(CC(=O)NC1CC1)c1ccc(C23CC4CC(CC(C4)C2)C3)cc1. The van der Waals surface area contributed by atoms with Crippen LogP contribution in [0, 0.1) is 17.8 Å². The predicted molar refractivity (Wildman–Crippen MR) is 110 cm³/mol. The van der Waals surface area contributed by atoms with Gasteiger partial charge in [-0.05, 0) is 92.2 Å². The van der Waals surface area contributed by atoms with Crippen LogP contribution >= 0.6 is 0 Å². The first-order chi connectivity index (χ1) is 13.3. The first-order valence-electron chi connectivity index (χ1n) is 10.7. The van der Waals surface area contributed by atoms with Gasteiger partial charge in [0.1, 0.15) is 6.54 Å². The Kier molecular flexibility index (Phi) is 4.27. The van der Waals surface area contributed by atoms with Gasteiger partial charge in [-0.15, -0.1) is 0 Å². The van der Waals surface area contributed by atoms with Gasteiger partial charge >= 0.3 is 0 Å². The van der Waals surface area contributed by atoms with Crippen LogP contribution in [0.4, 0.5) is 5.69 Å². The highest BCUT2D eigenvalue weighted by Gasteiger charge is 2.51. The number of anilines is 1. The van der Waals surface area contributed by atoms with Gasteiger partial charge in [0, 0.05) is 6.04 Å². The summed E-state index contributed by atoms with van der Waals surface area (Å²) in [4.78, 5) is 12.2. The summed E-state index contributed by atoms with van der Waals surface area (Å²) in [7, 11) is -3.51. The van der Waals surface area contributed by atoms with Crippen molar-refractivity contribution in [1.29, 1.82) is 0 Å². The molecule has 1 N–H and O–H groups in total. The second-order valence-electron chi connectivity index (χ2n) is 9.86. The average Bonchev–Trinajstić information content (AvgIpc) is 3.42. The Labute approximate surface area is 167 Å². The van der Waals surface area contributed by atoms with Gasteiger partial charge in [0.2, 0.25) is 15.9 Å². The van der Waals surface area contributed by atoms with Crippen LogP contribution < -0.4 is 9.62 Å². The molecule has 5 nitrogen and oxygen atoms in total. The van der Waals surface area contributed by atoms with Crippen LogP contribution in [-0.2, 0) is 20.2 Å². The van der Waals surface area contributed by atoms with Crippen molar-refractivity contribution < 1.29 is 13.2 Å². The maximum Gasteiger partial charge on any atom is 0.240 e. The van der Waals surface area contributed by atoms with Gasteiger partial charge in [-0.3, -0.25) is 9.10 Å². The van der Waals surface area contributed by atoms with Gasteiger partial charge in [0.15, 0.2) is 0 Å². The highest BCUT2D eigenvalue weighted by atomic mass is 32.2. The molecule has 0 aromatic heterocycles. The number of rotatable bonds is 6. The number of amides is 1. The Hall–Kier alpha value is -1.56. The molecule has 1 aromatic rings. The Morgan fingerprint density at radius 3 is 2.04 bits per heavy atom. The smallest absolute Gasteiger partial charge is 0.240 e. The van der Waals surface area contributed by atoms with E-state index in [1.165, 1.54) is 54.6 Å². The molecule has 5 fully saturated rings. The van der Waals surface area contributed by atoms with Gasteiger partial charge in [0.25, 0.3) is 0 Å². The lowest BCUT2D eigenvalue weighted by molar-refractivity contribution is -0.119. The normalized spacial score (nSPS) is 33.7. The van der Waals surface area contributed by atoms with Crippen molar-refractivity contribution >= 4 is 21.6 Å². The zero-order valence-electron chi connectivity index (χ0n) is 16.6. The molecular formula is C22H30N2O3S. The van der Waals surface area contributed by atoms with Crippen molar-refractivity contribution in [3.05, 3.63) is 29.8 Å². The molecule has 0 unspecified atom stereocenters. The zero-order chi connectivity index (χ0) is 19.5. The van der Waals surface area contributed by atoms with E-state index in [2.05, 4.69) is 17.4 Å². The number of nitrogens with zero attached hydrogens (tertiary/aromatic N) is 1. The maximum absolute atomic E-state index is 12.3. The lowest BCUT2D eigenvalue weighted by atomic mass is 9.48. The molecule has 0 saturated heterocycles. The topological polar surface area (TPSA) is 66.5 Å². The third-order valence-corrected chi connectivity index (χ3v) is 8.58. The van der Waals surface area contributed by atoms with E-state index in [1.807, 2.05) is 12.1 Å². The summed E-state index contributed by atoms with van der Waals surface area (Å²) < 4.78 is 25.9. The summed E-state index contributed by atoms with van der Waals surface area (Å²) in [6, 6.07) is 8.28. The number of sulfonamides is 1. The van der Waals surface area contributed by atoms with Crippen LogP contribution in [0.5, 0.6) is 0 Å². The van der Waals surface area contributed by atoms with Gasteiger partial charge in [-0.25, -0.2) is 8.42 Å². The van der Waals surface area contributed by atoms with Gasteiger partial charge < -0.3 is 5.32 Å². The molecule has 5 saturated carbocycles. The summed E-state index contributed by atoms with van der Waals surface area (Å²) in [5.41, 5.74) is 2.25. The molecule has 5 aliphatic carbocycles. The van der Waals surface area contributed by atoms with E-state index >= 15 is 0 Å². The van der Waals surface area contributed by atoms with E-state index in [-0.39, 0.29) is 18.5 Å². The minimum absolute atomic E-state index is 0.147. The zero-order valence-corrected chi connectivity index (χ0v) is 17.4. The molecule has 1 aromatic carbocycles. The standard InChI is InChI=1S/C22H30N2O3S/c1-28(26,27)24(14-21(25)23-19-4-5-19)20-6-2-18(3-7-20)22-11-15-8-16(12-22)10-17(9-15)13-22/h2-3,6-7,15-17,19H,4-5,8-14H2,1H3,(H,23,25). The van der Waals surface area contributed by atoms with Crippen molar-refractivity contribution in [1.82, 2.24) is 5.32 Å². The van der Waals surface area contributed by atoms with E-state index in [0.717, 1.165) is 30.6 Å². The molecule has 0 atom stereocenters. The van der Waals surface area contributed by atoms with E-state index < -0.39 is 10.0 Å². The summed E-state index contributed by atoms with van der Waals surface area (Å²) >= 11 is 0. The fourth-order valence-electron chi connectivity index (χ4n) is 6.48. The van der Waals surface area contributed by atoms with Gasteiger partial charge in [-0.2, -0.15) is 0 Å². The molecule has 4 bridgehead atoms. The van der Waals surface area contributed by atoms with Crippen molar-refractivity contribution in [2.24, 2.45) is 17.8 Å². The monoisotopic (exact) mass is 402 g/mol. The summed E-state index contributed by atoms with van der Waals surface area (Å²) in [5.74, 6) is 2.41. The number of carbonyl (C=O) groups is 1. The lowest BCUT2D eigenvalue weighted by Crippen LogP contribution is -2.48. The number of nitrogens with one attached hydrogen (secondary N) is 1. The van der Waals surface area contributed by atoms with Crippen LogP contribution in [0.15, 0.2) is 24.3 Å². The molecule has 0 aliphatic heterocycles. The summed E-state index contributed by atoms with van der Waals surface area (Å²) in [6.07, 6.45) is 11.3. The number of hydrogen-bond acceptors (Lipinski definition) is 3. The minimum atomic E-state index is -3.51. The van der Waals surface area contributed by atoms with Crippen LogP contribution in [0.2, 0.25) is 0 Å². The molecule has 0 spiro atoms. The quantitative estimate of drug-likeness (QED) is 0.795. The molecule has 0 heterocycles. The largest absolute Gasteiger partial charge is 0.352 e. The summed E-state index contributed by atoms with van der Waals surface area (Å²) in [5, 5.41) is 2.88. The number of carbonyl (C=O) groups excluding carboxylic acids is 1. The number of benzene rings is 1. The van der Waals surface area contributed by atoms with E-state index in [9.17, 15) is 13.2 Å². The second-order valence-corrected chi connectivity index (χ2v) is 11.8. The molecule has 5 aliphatic rings. The highest BCUT2D eigenvalue weighted by Crippen LogP contribution is 2.60. The Bertz CT molecular complexity index is 838. The van der Waals surface area contributed by atoms with E-state index in [1.54, 1.807) is 0 Å². The minimum Gasteiger partial charge on any atom is -0.352 e. The molecular weight excluding hydrogens is 372 g/mol. The van der Waals surface area contributed by atoms with Crippen molar-refractivity contribution in [2.75, 3.05) is 17.1 Å². The van der Waals surface area contributed by atoms with Gasteiger partial charge in [-0.1, -0.05) is 12.1 Å². The first kappa shape index (κ1) is 18.5. The molecule has 0 radical (unpaired) electrons. The Morgan fingerprint density at radius 2 is 1.57 bits per heavy atom. The summed E-state index contributed by atoms with van der Waals surface area (Å²) in [6.45, 7) is -0.147. The van der Waals surface area contributed by atoms with Crippen molar-refractivity contribution in [2.45, 2.75) is 62.8 Å². The molecule has 1 amide bonds. The fraction of sp³-hybridized carbons (Fsp3) is 0.682. The third kappa shape index (κ3) is 3.44. The Morgan fingerprint density at radius 1 is 1.04 bits per heavy atom. The number of hydrogen-bond donors (Lipinski definition) is 1.